The molecule has 1 aliphatic heterocycles. The topological polar surface area (TPSA) is 59.9 Å². The molecule has 0 radical (unpaired) electrons. The summed E-state index contributed by atoms with van der Waals surface area (Å²) in [7, 11) is 0. The second kappa shape index (κ2) is 6.63. The summed E-state index contributed by atoms with van der Waals surface area (Å²) >= 11 is 6.39. The predicted octanol–water partition coefficient (Wildman–Crippen LogP) is 5.00. The fraction of sp³-hybridized carbons (Fsp3) is 0.524. The normalized spacial score (nSPS) is 26.5. The number of H-pyrrole nitrogens is 1. The molecule has 1 aliphatic carbocycles. The Morgan fingerprint density at radius 2 is 2.35 bits per heavy atom. The van der Waals surface area contributed by atoms with E-state index >= 15 is 0 Å². The maximum atomic E-state index is 13.0. The van der Waals surface area contributed by atoms with Gasteiger partial charge in [-0.25, -0.2) is 0 Å². The van der Waals surface area contributed by atoms with Gasteiger partial charge in [-0.3, -0.25) is 4.79 Å². The molecular formula is C21H24ClN3O. The van der Waals surface area contributed by atoms with E-state index in [-0.39, 0.29) is 23.3 Å². The van der Waals surface area contributed by atoms with Crippen molar-refractivity contribution in [3.63, 3.8) is 0 Å². The van der Waals surface area contributed by atoms with E-state index in [1.165, 1.54) is 0 Å². The molecule has 4 nitrogen and oxygen atoms in total. The number of nitriles is 1. The van der Waals surface area contributed by atoms with Gasteiger partial charge >= 0.3 is 0 Å². The van der Waals surface area contributed by atoms with Crippen LogP contribution in [0.1, 0.15) is 56.9 Å². The monoisotopic (exact) mass is 369 g/mol. The van der Waals surface area contributed by atoms with E-state index in [1.807, 2.05) is 29.3 Å². The highest BCUT2D eigenvalue weighted by Gasteiger charge is 2.44. The zero-order valence-electron chi connectivity index (χ0n) is 15.1. The number of aromatic nitrogens is 1. The number of carbonyl (C=O) groups excluding carboxylic acids is 1. The Morgan fingerprint density at radius 3 is 3.15 bits per heavy atom. The summed E-state index contributed by atoms with van der Waals surface area (Å²) in [4.78, 5) is 18.3. The van der Waals surface area contributed by atoms with Crippen molar-refractivity contribution in [2.24, 2.45) is 5.41 Å². The molecule has 5 heteroatoms. The Kier molecular flexibility index (Phi) is 4.44. The first-order valence-electron chi connectivity index (χ1n) is 9.49. The van der Waals surface area contributed by atoms with Crippen molar-refractivity contribution in [3.8, 4) is 6.07 Å². The summed E-state index contributed by atoms with van der Waals surface area (Å²) in [6.07, 6.45) is 7.20. The van der Waals surface area contributed by atoms with E-state index in [1.54, 1.807) is 0 Å². The van der Waals surface area contributed by atoms with E-state index in [0.717, 1.165) is 60.1 Å². The number of nitrogens with one attached hydrogen (secondary N) is 1. The van der Waals surface area contributed by atoms with Crippen LogP contribution in [0.2, 0.25) is 5.02 Å². The van der Waals surface area contributed by atoms with Crippen LogP contribution in [0.25, 0.3) is 10.9 Å². The Balaban J connectivity index is 1.50. The molecule has 3 unspecified atom stereocenters. The number of amides is 1. The minimum atomic E-state index is -0.185. The van der Waals surface area contributed by atoms with Crippen LogP contribution in [0.5, 0.6) is 0 Å². The molecule has 1 saturated heterocycles. The standard InChI is InChI=1S/C21H24ClN3O/c1-14(16-12-24-18-6-2-5-17(22)20(16)18)10-19(26)25-9-8-21(13-23)7-3-4-15(25)11-21/h2,5-6,12,14-15,24H,3-4,7-11H2,1H3. The van der Waals surface area contributed by atoms with Gasteiger partial charge in [-0.2, -0.15) is 5.26 Å². The van der Waals surface area contributed by atoms with Gasteiger partial charge in [0, 0.05) is 36.1 Å². The summed E-state index contributed by atoms with van der Waals surface area (Å²) in [5, 5.41) is 11.3. The van der Waals surface area contributed by atoms with Crippen LogP contribution in [-0.2, 0) is 4.79 Å². The van der Waals surface area contributed by atoms with Crippen LogP contribution in [0, 0.1) is 16.7 Å². The summed E-state index contributed by atoms with van der Waals surface area (Å²) in [5.74, 6) is 0.305. The number of hydrogen-bond acceptors (Lipinski definition) is 2. The molecular weight excluding hydrogens is 346 g/mol. The molecule has 2 fully saturated rings. The molecule has 1 N–H and O–H groups in total. The molecule has 2 aliphatic rings. The maximum absolute atomic E-state index is 13.0. The molecule has 0 spiro atoms. The van der Waals surface area contributed by atoms with Crippen molar-refractivity contribution < 1.29 is 4.79 Å². The minimum Gasteiger partial charge on any atom is -0.361 e. The van der Waals surface area contributed by atoms with Gasteiger partial charge in [0.15, 0.2) is 0 Å². The lowest BCUT2D eigenvalue weighted by Gasteiger charge is -2.47. The molecule has 136 valence electrons. The lowest BCUT2D eigenvalue weighted by Crippen LogP contribution is -2.51. The summed E-state index contributed by atoms with van der Waals surface area (Å²) in [6, 6.07) is 8.61. The van der Waals surface area contributed by atoms with Gasteiger partial charge in [0.25, 0.3) is 0 Å². The first-order valence-corrected chi connectivity index (χ1v) is 9.87. The number of hydrogen-bond donors (Lipinski definition) is 1. The maximum Gasteiger partial charge on any atom is 0.223 e. The number of halogens is 1. The molecule has 1 amide bonds. The molecule has 2 heterocycles. The zero-order chi connectivity index (χ0) is 18.3. The van der Waals surface area contributed by atoms with Gasteiger partial charge in [-0.1, -0.05) is 24.6 Å². The smallest absolute Gasteiger partial charge is 0.223 e. The third-order valence-corrected chi connectivity index (χ3v) is 6.66. The SMILES string of the molecule is CC(CC(=O)N1CCC2(C#N)CCCC1C2)c1c[nH]c2cccc(Cl)c12. The number of carbonyl (C=O) groups is 1. The van der Waals surface area contributed by atoms with Crippen LogP contribution in [0.3, 0.4) is 0 Å². The van der Waals surface area contributed by atoms with Crippen molar-refractivity contribution in [2.45, 2.75) is 57.4 Å². The fourth-order valence-corrected chi connectivity index (χ4v) is 5.15. The number of likely N-dealkylation sites (tertiary alicyclic amines) is 1. The average molecular weight is 370 g/mol. The van der Waals surface area contributed by atoms with Gasteiger partial charge in [0.1, 0.15) is 0 Å². The average Bonchev–Trinajstić information content (AvgIpc) is 3.07. The van der Waals surface area contributed by atoms with E-state index in [9.17, 15) is 10.1 Å². The van der Waals surface area contributed by atoms with Gasteiger partial charge < -0.3 is 9.88 Å². The number of benzene rings is 1. The highest BCUT2D eigenvalue weighted by Crippen LogP contribution is 2.45. The van der Waals surface area contributed by atoms with Crippen LogP contribution in [0.15, 0.2) is 24.4 Å². The molecule has 2 bridgehead atoms. The molecule has 4 rings (SSSR count). The van der Waals surface area contributed by atoms with Crippen molar-refractivity contribution >= 4 is 28.4 Å². The second-order valence-corrected chi connectivity index (χ2v) is 8.40. The quantitative estimate of drug-likeness (QED) is 0.827. The van der Waals surface area contributed by atoms with E-state index in [0.29, 0.717) is 6.42 Å². The van der Waals surface area contributed by atoms with Gasteiger partial charge in [0.2, 0.25) is 5.91 Å². The van der Waals surface area contributed by atoms with Crippen LogP contribution >= 0.6 is 11.6 Å². The Morgan fingerprint density at radius 1 is 1.50 bits per heavy atom. The number of piperidine rings is 1. The number of rotatable bonds is 3. The highest BCUT2D eigenvalue weighted by atomic mass is 35.5. The summed E-state index contributed by atoms with van der Waals surface area (Å²) < 4.78 is 0. The van der Waals surface area contributed by atoms with Gasteiger partial charge in [0.05, 0.1) is 16.5 Å². The first-order chi connectivity index (χ1) is 12.5. The van der Waals surface area contributed by atoms with E-state index < -0.39 is 0 Å². The van der Waals surface area contributed by atoms with Crippen LogP contribution < -0.4 is 0 Å². The van der Waals surface area contributed by atoms with Crippen LogP contribution in [0.4, 0.5) is 0 Å². The minimum absolute atomic E-state index is 0.0994. The van der Waals surface area contributed by atoms with Gasteiger partial charge in [-0.05, 0) is 55.7 Å². The van der Waals surface area contributed by atoms with Crippen molar-refractivity contribution in [3.05, 3.63) is 35.0 Å². The van der Waals surface area contributed by atoms with Crippen molar-refractivity contribution in [1.29, 1.82) is 5.26 Å². The molecule has 1 saturated carbocycles. The van der Waals surface area contributed by atoms with E-state index in [4.69, 9.17) is 11.6 Å². The lowest BCUT2D eigenvalue weighted by atomic mass is 9.68. The predicted molar refractivity (Wildman–Crippen MR) is 103 cm³/mol. The highest BCUT2D eigenvalue weighted by molar-refractivity contribution is 6.35. The number of nitrogens with zero attached hydrogens (tertiary/aromatic N) is 2. The molecule has 1 aromatic heterocycles. The zero-order valence-corrected chi connectivity index (χ0v) is 15.9. The third kappa shape index (κ3) is 2.89. The third-order valence-electron chi connectivity index (χ3n) is 6.35. The Labute approximate surface area is 159 Å². The Bertz CT molecular complexity index is 883. The number of fused-ring (bicyclic) bond motifs is 3. The number of aromatic amines is 1. The van der Waals surface area contributed by atoms with Gasteiger partial charge in [-0.15, -0.1) is 0 Å². The fourth-order valence-electron chi connectivity index (χ4n) is 4.87. The van der Waals surface area contributed by atoms with Crippen LogP contribution in [-0.4, -0.2) is 28.4 Å². The molecule has 3 atom stereocenters. The second-order valence-electron chi connectivity index (χ2n) is 7.99. The Hall–Kier alpha value is -1.99. The molecule has 26 heavy (non-hydrogen) atoms. The first kappa shape index (κ1) is 17.4. The largest absolute Gasteiger partial charge is 0.361 e. The van der Waals surface area contributed by atoms with E-state index in [2.05, 4.69) is 18.0 Å². The van der Waals surface area contributed by atoms with Crippen molar-refractivity contribution in [2.75, 3.05) is 6.54 Å². The lowest BCUT2D eigenvalue weighted by molar-refractivity contribution is -0.138. The molecule has 1 aromatic carbocycles. The summed E-state index contributed by atoms with van der Waals surface area (Å²) in [5.41, 5.74) is 1.93. The molecule has 2 aromatic rings. The summed E-state index contributed by atoms with van der Waals surface area (Å²) in [6.45, 7) is 2.81. The van der Waals surface area contributed by atoms with Crippen molar-refractivity contribution in [1.82, 2.24) is 9.88 Å².